The molecule has 0 unspecified atom stereocenters. The van der Waals surface area contributed by atoms with Crippen LogP contribution >= 0.6 is 0 Å². The SMILES string of the molecule is O=C(Nc1ccc(C(=O)N2CCN(Cc3ccncc3)CC2)cc1)c1ccccc1. The molecule has 1 N–H and O–H groups in total. The molecule has 1 saturated heterocycles. The second-order valence-corrected chi connectivity index (χ2v) is 7.32. The predicted octanol–water partition coefficient (Wildman–Crippen LogP) is 3.29. The first-order valence-electron chi connectivity index (χ1n) is 10.1. The minimum Gasteiger partial charge on any atom is -0.336 e. The Morgan fingerprint density at radius 2 is 1.47 bits per heavy atom. The number of aromatic nitrogens is 1. The van der Waals surface area contributed by atoms with E-state index in [1.54, 1.807) is 48.8 Å². The number of carbonyl (C=O) groups is 2. The van der Waals surface area contributed by atoms with Crippen molar-refractivity contribution in [2.75, 3.05) is 31.5 Å². The van der Waals surface area contributed by atoms with E-state index in [1.807, 2.05) is 35.2 Å². The van der Waals surface area contributed by atoms with Gasteiger partial charge in [-0.05, 0) is 54.1 Å². The zero-order chi connectivity index (χ0) is 20.8. The normalized spacial score (nSPS) is 14.3. The molecule has 1 aliphatic rings. The summed E-state index contributed by atoms with van der Waals surface area (Å²) >= 11 is 0. The van der Waals surface area contributed by atoms with Gasteiger partial charge in [-0.2, -0.15) is 0 Å². The van der Waals surface area contributed by atoms with Gasteiger partial charge in [0.2, 0.25) is 0 Å². The van der Waals surface area contributed by atoms with Gasteiger partial charge < -0.3 is 10.2 Å². The van der Waals surface area contributed by atoms with Crippen LogP contribution in [0.15, 0.2) is 79.1 Å². The Morgan fingerprint density at radius 3 is 2.13 bits per heavy atom. The molecule has 0 atom stereocenters. The number of pyridine rings is 1. The molecular formula is C24H24N4O2. The highest BCUT2D eigenvalue weighted by atomic mass is 16.2. The number of carbonyl (C=O) groups excluding carboxylic acids is 2. The van der Waals surface area contributed by atoms with Gasteiger partial charge in [-0.25, -0.2) is 0 Å². The van der Waals surface area contributed by atoms with Crippen molar-refractivity contribution in [2.24, 2.45) is 0 Å². The number of rotatable bonds is 5. The third-order valence-corrected chi connectivity index (χ3v) is 5.24. The summed E-state index contributed by atoms with van der Waals surface area (Å²) in [6.45, 7) is 3.98. The first kappa shape index (κ1) is 19.8. The maximum atomic E-state index is 12.8. The summed E-state index contributed by atoms with van der Waals surface area (Å²) in [5.41, 5.74) is 3.14. The maximum absolute atomic E-state index is 12.8. The van der Waals surface area contributed by atoms with Gasteiger partial charge in [0.25, 0.3) is 11.8 Å². The van der Waals surface area contributed by atoms with Gasteiger partial charge in [-0.3, -0.25) is 19.5 Å². The highest BCUT2D eigenvalue weighted by molar-refractivity contribution is 6.04. The molecule has 0 spiro atoms. The van der Waals surface area contributed by atoms with Gasteiger partial charge in [-0.1, -0.05) is 18.2 Å². The zero-order valence-corrected chi connectivity index (χ0v) is 16.7. The summed E-state index contributed by atoms with van der Waals surface area (Å²) in [6, 6.07) is 20.2. The number of piperazine rings is 1. The molecule has 30 heavy (non-hydrogen) atoms. The van der Waals surface area contributed by atoms with Gasteiger partial charge in [0, 0.05) is 61.9 Å². The first-order chi connectivity index (χ1) is 14.7. The van der Waals surface area contributed by atoms with Crippen LogP contribution in [-0.4, -0.2) is 52.8 Å². The molecule has 1 fully saturated rings. The Morgan fingerprint density at radius 1 is 0.800 bits per heavy atom. The molecule has 0 bridgehead atoms. The summed E-state index contributed by atoms with van der Waals surface area (Å²) in [5, 5.41) is 2.86. The summed E-state index contributed by atoms with van der Waals surface area (Å²) in [4.78, 5) is 33.4. The smallest absolute Gasteiger partial charge is 0.255 e. The summed E-state index contributed by atoms with van der Waals surface area (Å²) < 4.78 is 0. The molecule has 0 saturated carbocycles. The van der Waals surface area contributed by atoms with Gasteiger partial charge in [0.05, 0.1) is 0 Å². The fourth-order valence-electron chi connectivity index (χ4n) is 3.53. The van der Waals surface area contributed by atoms with Crippen molar-refractivity contribution in [1.82, 2.24) is 14.8 Å². The quantitative estimate of drug-likeness (QED) is 0.714. The van der Waals surface area contributed by atoms with E-state index in [2.05, 4.69) is 15.2 Å². The number of nitrogens with one attached hydrogen (secondary N) is 1. The lowest BCUT2D eigenvalue weighted by atomic mass is 10.1. The Hall–Kier alpha value is -3.51. The Kier molecular flexibility index (Phi) is 6.15. The van der Waals surface area contributed by atoms with Crippen LogP contribution in [0.25, 0.3) is 0 Å². The van der Waals surface area contributed by atoms with E-state index in [0.717, 1.165) is 19.6 Å². The van der Waals surface area contributed by atoms with Crippen molar-refractivity contribution in [3.63, 3.8) is 0 Å². The predicted molar refractivity (Wildman–Crippen MR) is 116 cm³/mol. The minimum atomic E-state index is -0.167. The van der Waals surface area contributed by atoms with Crippen LogP contribution in [0.1, 0.15) is 26.3 Å². The highest BCUT2D eigenvalue weighted by Gasteiger charge is 2.22. The highest BCUT2D eigenvalue weighted by Crippen LogP contribution is 2.15. The van der Waals surface area contributed by atoms with Gasteiger partial charge >= 0.3 is 0 Å². The van der Waals surface area contributed by atoms with Crippen LogP contribution in [0.2, 0.25) is 0 Å². The third kappa shape index (κ3) is 4.90. The number of hydrogen-bond acceptors (Lipinski definition) is 4. The van der Waals surface area contributed by atoms with Crippen molar-refractivity contribution < 1.29 is 9.59 Å². The van der Waals surface area contributed by atoms with Gasteiger partial charge in [-0.15, -0.1) is 0 Å². The molecule has 2 heterocycles. The molecular weight excluding hydrogens is 376 g/mol. The number of anilines is 1. The van der Waals surface area contributed by atoms with E-state index < -0.39 is 0 Å². The van der Waals surface area contributed by atoms with Crippen molar-refractivity contribution in [2.45, 2.75) is 6.54 Å². The molecule has 2 amide bonds. The monoisotopic (exact) mass is 400 g/mol. The molecule has 152 valence electrons. The topological polar surface area (TPSA) is 65.5 Å². The molecule has 0 radical (unpaired) electrons. The van der Waals surface area contributed by atoms with Gasteiger partial charge in [0.1, 0.15) is 0 Å². The fourth-order valence-corrected chi connectivity index (χ4v) is 3.53. The molecule has 1 aliphatic heterocycles. The Bertz CT molecular complexity index is 983. The number of nitrogens with zero attached hydrogens (tertiary/aromatic N) is 3. The Labute approximate surface area is 176 Å². The largest absolute Gasteiger partial charge is 0.336 e. The number of benzene rings is 2. The van der Waals surface area contributed by atoms with Crippen molar-refractivity contribution in [1.29, 1.82) is 0 Å². The fraction of sp³-hybridized carbons (Fsp3) is 0.208. The average molecular weight is 400 g/mol. The summed E-state index contributed by atoms with van der Waals surface area (Å²) in [7, 11) is 0. The van der Waals surface area contributed by atoms with E-state index >= 15 is 0 Å². The van der Waals surface area contributed by atoms with Crippen LogP contribution in [-0.2, 0) is 6.54 Å². The average Bonchev–Trinajstić information content (AvgIpc) is 2.81. The summed E-state index contributed by atoms with van der Waals surface area (Å²) in [5.74, 6) is -0.139. The molecule has 3 aromatic rings. The zero-order valence-electron chi connectivity index (χ0n) is 16.7. The van der Waals surface area contributed by atoms with Crippen LogP contribution in [0.5, 0.6) is 0 Å². The van der Waals surface area contributed by atoms with Crippen molar-refractivity contribution in [3.05, 3.63) is 95.8 Å². The molecule has 6 nitrogen and oxygen atoms in total. The number of hydrogen-bond donors (Lipinski definition) is 1. The van der Waals surface area contributed by atoms with Gasteiger partial charge in [0.15, 0.2) is 0 Å². The van der Waals surface area contributed by atoms with Crippen molar-refractivity contribution >= 4 is 17.5 Å². The van der Waals surface area contributed by atoms with E-state index in [9.17, 15) is 9.59 Å². The Balaban J connectivity index is 1.30. The van der Waals surface area contributed by atoms with Crippen LogP contribution < -0.4 is 5.32 Å². The van der Waals surface area contributed by atoms with Crippen LogP contribution in [0.3, 0.4) is 0 Å². The lowest BCUT2D eigenvalue weighted by molar-refractivity contribution is 0.0628. The molecule has 1 aromatic heterocycles. The molecule has 4 rings (SSSR count). The molecule has 0 aliphatic carbocycles. The van der Waals surface area contributed by atoms with Crippen LogP contribution in [0.4, 0.5) is 5.69 Å². The second kappa shape index (κ2) is 9.33. The summed E-state index contributed by atoms with van der Waals surface area (Å²) in [6.07, 6.45) is 3.61. The second-order valence-electron chi connectivity index (χ2n) is 7.32. The first-order valence-corrected chi connectivity index (χ1v) is 10.1. The lowest BCUT2D eigenvalue weighted by Gasteiger charge is -2.34. The van der Waals surface area contributed by atoms with E-state index in [4.69, 9.17) is 0 Å². The minimum absolute atomic E-state index is 0.0273. The number of amides is 2. The van der Waals surface area contributed by atoms with E-state index in [0.29, 0.717) is 29.9 Å². The molecule has 6 heteroatoms. The van der Waals surface area contributed by atoms with Crippen LogP contribution in [0, 0.1) is 0 Å². The molecule has 2 aromatic carbocycles. The van der Waals surface area contributed by atoms with E-state index in [1.165, 1.54) is 5.56 Å². The van der Waals surface area contributed by atoms with E-state index in [-0.39, 0.29) is 11.8 Å². The lowest BCUT2D eigenvalue weighted by Crippen LogP contribution is -2.48. The third-order valence-electron chi connectivity index (χ3n) is 5.24. The van der Waals surface area contributed by atoms with Crippen molar-refractivity contribution in [3.8, 4) is 0 Å². The standard InChI is InChI=1S/C24H24N4O2/c29-23(20-4-2-1-3-5-20)26-22-8-6-21(7-9-22)24(30)28-16-14-27(15-17-28)18-19-10-12-25-13-11-19/h1-13H,14-18H2,(H,26,29). The maximum Gasteiger partial charge on any atom is 0.255 e.